The van der Waals surface area contributed by atoms with Gasteiger partial charge in [0.25, 0.3) is 5.24 Å². The number of rotatable bonds is 1. The van der Waals surface area contributed by atoms with Crippen LogP contribution in [-0.2, 0) is 0 Å². The summed E-state index contributed by atoms with van der Waals surface area (Å²) in [6.07, 6.45) is 2.74. The SMILES string of the molecule is Nc1nccnc1C(=O)Cl. The number of hydrogen-bond donors (Lipinski definition) is 1. The summed E-state index contributed by atoms with van der Waals surface area (Å²) >= 11 is 5.09. The third-order valence-corrected chi connectivity index (χ3v) is 1.09. The molecule has 0 saturated heterocycles. The summed E-state index contributed by atoms with van der Waals surface area (Å²) in [7, 11) is 0. The van der Waals surface area contributed by atoms with Crippen molar-refractivity contribution in [3.05, 3.63) is 18.1 Å². The van der Waals surface area contributed by atoms with Crippen molar-refractivity contribution in [3.8, 4) is 0 Å². The highest BCUT2D eigenvalue weighted by atomic mass is 35.5. The normalized spacial score (nSPS) is 9.30. The molecule has 4 nitrogen and oxygen atoms in total. The molecule has 10 heavy (non-hydrogen) atoms. The Morgan fingerprint density at radius 2 is 2.10 bits per heavy atom. The number of nitrogen functional groups attached to an aromatic ring is 1. The maximum absolute atomic E-state index is 10.4. The number of carbonyl (C=O) groups is 1. The molecule has 0 aliphatic rings. The summed E-state index contributed by atoms with van der Waals surface area (Å²) < 4.78 is 0. The predicted octanol–water partition coefficient (Wildman–Crippen LogP) is 0.438. The molecule has 0 fully saturated rings. The monoisotopic (exact) mass is 157 g/mol. The van der Waals surface area contributed by atoms with Crippen molar-refractivity contribution < 1.29 is 4.79 Å². The first-order valence-electron chi connectivity index (χ1n) is 2.48. The summed E-state index contributed by atoms with van der Waals surface area (Å²) in [6.45, 7) is 0. The van der Waals surface area contributed by atoms with Crippen molar-refractivity contribution in [2.75, 3.05) is 5.73 Å². The van der Waals surface area contributed by atoms with E-state index in [1.807, 2.05) is 0 Å². The zero-order chi connectivity index (χ0) is 7.56. The van der Waals surface area contributed by atoms with Gasteiger partial charge in [-0.2, -0.15) is 0 Å². The van der Waals surface area contributed by atoms with Crippen molar-refractivity contribution in [1.82, 2.24) is 9.97 Å². The lowest BCUT2D eigenvalue weighted by atomic mass is 10.4. The molecule has 5 heteroatoms. The third-order valence-electron chi connectivity index (χ3n) is 0.913. The number of aromatic nitrogens is 2. The van der Waals surface area contributed by atoms with Gasteiger partial charge in [-0.15, -0.1) is 0 Å². The Morgan fingerprint density at radius 1 is 1.50 bits per heavy atom. The van der Waals surface area contributed by atoms with Gasteiger partial charge in [-0.05, 0) is 11.6 Å². The van der Waals surface area contributed by atoms with Crippen LogP contribution in [0.5, 0.6) is 0 Å². The molecular weight excluding hydrogens is 154 g/mol. The highest BCUT2D eigenvalue weighted by Crippen LogP contribution is 2.05. The zero-order valence-corrected chi connectivity index (χ0v) is 5.67. The highest BCUT2D eigenvalue weighted by molar-refractivity contribution is 6.67. The Balaban J connectivity index is 3.15. The van der Waals surface area contributed by atoms with E-state index in [0.717, 1.165) is 0 Å². The number of halogens is 1. The fourth-order valence-electron chi connectivity index (χ4n) is 0.500. The van der Waals surface area contributed by atoms with Gasteiger partial charge >= 0.3 is 0 Å². The Kier molecular flexibility index (Phi) is 1.82. The minimum Gasteiger partial charge on any atom is -0.382 e. The molecule has 1 rings (SSSR count). The van der Waals surface area contributed by atoms with E-state index in [1.54, 1.807) is 0 Å². The second kappa shape index (κ2) is 2.62. The van der Waals surface area contributed by atoms with Gasteiger partial charge in [0, 0.05) is 12.4 Å². The largest absolute Gasteiger partial charge is 0.382 e. The summed E-state index contributed by atoms with van der Waals surface area (Å²) in [5, 5.41) is -0.689. The van der Waals surface area contributed by atoms with E-state index in [9.17, 15) is 4.79 Å². The summed E-state index contributed by atoms with van der Waals surface area (Å²) in [4.78, 5) is 17.7. The topological polar surface area (TPSA) is 68.9 Å². The lowest BCUT2D eigenvalue weighted by Crippen LogP contribution is -2.02. The van der Waals surface area contributed by atoms with Gasteiger partial charge in [-0.1, -0.05) is 0 Å². The van der Waals surface area contributed by atoms with Gasteiger partial charge in [0.05, 0.1) is 0 Å². The van der Waals surface area contributed by atoms with E-state index in [-0.39, 0.29) is 11.5 Å². The first kappa shape index (κ1) is 6.95. The minimum absolute atomic E-state index is 0.00386. The molecule has 1 heterocycles. The molecule has 0 aliphatic carbocycles. The molecule has 0 aromatic carbocycles. The summed E-state index contributed by atoms with van der Waals surface area (Å²) in [5.74, 6) is 0.0579. The molecule has 52 valence electrons. The van der Waals surface area contributed by atoms with E-state index < -0.39 is 5.24 Å². The molecule has 1 aromatic rings. The highest BCUT2D eigenvalue weighted by Gasteiger charge is 2.06. The van der Waals surface area contributed by atoms with Crippen LogP contribution < -0.4 is 5.73 Å². The molecule has 2 N–H and O–H groups in total. The molecule has 0 atom stereocenters. The van der Waals surface area contributed by atoms with Crippen molar-refractivity contribution in [2.45, 2.75) is 0 Å². The molecule has 1 aromatic heterocycles. The number of carbonyl (C=O) groups excluding carboxylic acids is 1. The first-order chi connectivity index (χ1) is 4.72. The first-order valence-corrected chi connectivity index (χ1v) is 2.86. The van der Waals surface area contributed by atoms with Gasteiger partial charge in [0.15, 0.2) is 11.5 Å². The quantitative estimate of drug-likeness (QED) is 0.601. The number of nitrogens with two attached hydrogens (primary N) is 1. The average molecular weight is 158 g/mol. The van der Waals surface area contributed by atoms with Crippen molar-refractivity contribution in [2.24, 2.45) is 0 Å². The second-order valence-corrected chi connectivity index (χ2v) is 1.91. The van der Waals surface area contributed by atoms with Crippen LogP contribution in [0, 0.1) is 0 Å². The predicted molar refractivity (Wildman–Crippen MR) is 36.6 cm³/mol. The van der Waals surface area contributed by atoms with E-state index in [0.29, 0.717) is 0 Å². The van der Waals surface area contributed by atoms with E-state index in [4.69, 9.17) is 17.3 Å². The van der Waals surface area contributed by atoms with Crippen LogP contribution in [-0.4, -0.2) is 15.2 Å². The minimum atomic E-state index is -0.689. The van der Waals surface area contributed by atoms with Gasteiger partial charge in [0.2, 0.25) is 0 Å². The number of hydrogen-bond acceptors (Lipinski definition) is 4. The molecule has 0 saturated carbocycles. The Labute approximate surface area is 62.0 Å². The van der Waals surface area contributed by atoms with E-state index in [2.05, 4.69) is 9.97 Å². The van der Waals surface area contributed by atoms with Gasteiger partial charge in [-0.3, -0.25) is 4.79 Å². The Morgan fingerprint density at radius 3 is 2.50 bits per heavy atom. The van der Waals surface area contributed by atoms with Gasteiger partial charge < -0.3 is 5.73 Å². The van der Waals surface area contributed by atoms with Crippen LogP contribution in [0.3, 0.4) is 0 Å². The molecule has 0 unspecified atom stereocenters. The standard InChI is InChI=1S/C5H4ClN3O/c6-4(10)3-5(7)9-2-1-8-3/h1-2H,(H2,7,9). The fraction of sp³-hybridized carbons (Fsp3) is 0. The van der Waals surface area contributed by atoms with Crippen LogP contribution >= 0.6 is 11.6 Å². The fourth-order valence-corrected chi connectivity index (χ4v) is 0.646. The Hall–Kier alpha value is -1.16. The number of anilines is 1. The maximum atomic E-state index is 10.4. The lowest BCUT2D eigenvalue weighted by Gasteiger charge is -1.93. The molecule has 0 aliphatic heterocycles. The smallest absolute Gasteiger partial charge is 0.274 e. The van der Waals surface area contributed by atoms with Crippen LogP contribution in [0.1, 0.15) is 10.5 Å². The van der Waals surface area contributed by atoms with Gasteiger partial charge in [-0.25, -0.2) is 9.97 Å². The van der Waals surface area contributed by atoms with Crippen LogP contribution in [0.25, 0.3) is 0 Å². The van der Waals surface area contributed by atoms with E-state index in [1.165, 1.54) is 12.4 Å². The Bertz CT molecular complexity index is 263. The summed E-state index contributed by atoms with van der Waals surface area (Å²) in [6, 6.07) is 0. The lowest BCUT2D eigenvalue weighted by molar-refractivity contribution is 0.107. The van der Waals surface area contributed by atoms with Crippen molar-refractivity contribution in [1.29, 1.82) is 0 Å². The molecule has 0 radical (unpaired) electrons. The molecule has 0 spiro atoms. The van der Waals surface area contributed by atoms with E-state index >= 15 is 0 Å². The van der Waals surface area contributed by atoms with Crippen molar-refractivity contribution in [3.63, 3.8) is 0 Å². The summed E-state index contributed by atoms with van der Waals surface area (Å²) in [5.41, 5.74) is 5.25. The molecular formula is C5H4ClN3O. The van der Waals surface area contributed by atoms with Gasteiger partial charge in [0.1, 0.15) is 0 Å². The molecule has 0 bridgehead atoms. The van der Waals surface area contributed by atoms with Crippen molar-refractivity contribution >= 4 is 22.7 Å². The van der Waals surface area contributed by atoms with Crippen LogP contribution in [0.2, 0.25) is 0 Å². The third kappa shape index (κ3) is 1.22. The zero-order valence-electron chi connectivity index (χ0n) is 4.91. The number of nitrogens with zero attached hydrogens (tertiary/aromatic N) is 2. The van der Waals surface area contributed by atoms with Crippen LogP contribution in [0.15, 0.2) is 12.4 Å². The van der Waals surface area contributed by atoms with Crippen LogP contribution in [0.4, 0.5) is 5.82 Å². The second-order valence-electron chi connectivity index (χ2n) is 1.56. The maximum Gasteiger partial charge on any atom is 0.274 e. The average Bonchev–Trinajstić information content (AvgIpc) is 1.88. The molecule has 0 amide bonds.